The molecule has 1 heterocycles. The highest BCUT2D eigenvalue weighted by atomic mass is 19.1. The first-order valence-corrected chi connectivity index (χ1v) is 8.18. The molecule has 0 aliphatic rings. The van der Waals surface area contributed by atoms with Gasteiger partial charge in [-0.15, -0.1) is 0 Å². The molecule has 3 aromatic rings. The Labute approximate surface area is 141 Å². The Bertz CT molecular complexity index is 854. The number of halogens is 1. The SMILES string of the molecule is Cn1cc(CCCC(=O)NCc2ccccc2F)c2ccccc21. The standard InChI is InChI=1S/C20H21FN2O/c1-23-14-16(17-9-3-5-11-19(17)23)8-6-12-20(24)22-13-15-7-2-4-10-18(15)21/h2-5,7,9-11,14H,6,8,12-13H2,1H3,(H,22,24). The van der Waals surface area contributed by atoms with E-state index in [-0.39, 0.29) is 18.3 Å². The van der Waals surface area contributed by atoms with Gasteiger partial charge >= 0.3 is 0 Å². The zero-order valence-electron chi connectivity index (χ0n) is 13.8. The van der Waals surface area contributed by atoms with Crippen molar-refractivity contribution < 1.29 is 9.18 Å². The molecule has 0 fully saturated rings. The monoisotopic (exact) mass is 324 g/mol. The van der Waals surface area contributed by atoms with Crippen molar-refractivity contribution >= 4 is 16.8 Å². The molecule has 0 bridgehead atoms. The number of nitrogens with zero attached hydrogens (tertiary/aromatic N) is 1. The minimum Gasteiger partial charge on any atom is -0.352 e. The van der Waals surface area contributed by atoms with Gasteiger partial charge in [-0.2, -0.15) is 0 Å². The third-order valence-corrected chi connectivity index (χ3v) is 4.26. The lowest BCUT2D eigenvalue weighted by molar-refractivity contribution is -0.121. The van der Waals surface area contributed by atoms with E-state index in [1.807, 2.05) is 19.2 Å². The lowest BCUT2D eigenvalue weighted by Crippen LogP contribution is -2.23. The van der Waals surface area contributed by atoms with E-state index in [2.05, 4.69) is 28.2 Å². The maximum absolute atomic E-state index is 13.5. The number of rotatable bonds is 6. The van der Waals surface area contributed by atoms with Crippen molar-refractivity contribution in [2.24, 2.45) is 7.05 Å². The average molecular weight is 324 g/mol. The fourth-order valence-electron chi connectivity index (χ4n) is 2.99. The molecule has 0 saturated carbocycles. The van der Waals surface area contributed by atoms with E-state index in [0.717, 1.165) is 12.8 Å². The van der Waals surface area contributed by atoms with Crippen LogP contribution in [0.4, 0.5) is 4.39 Å². The van der Waals surface area contributed by atoms with Crippen molar-refractivity contribution in [3.63, 3.8) is 0 Å². The number of aromatic nitrogens is 1. The van der Waals surface area contributed by atoms with Crippen LogP contribution in [0, 0.1) is 5.82 Å². The zero-order valence-corrected chi connectivity index (χ0v) is 13.8. The second kappa shape index (κ2) is 7.30. The first-order chi connectivity index (χ1) is 11.6. The van der Waals surface area contributed by atoms with E-state index >= 15 is 0 Å². The van der Waals surface area contributed by atoms with Crippen molar-refractivity contribution in [3.05, 3.63) is 71.7 Å². The van der Waals surface area contributed by atoms with Crippen molar-refractivity contribution in [2.75, 3.05) is 0 Å². The molecule has 3 nitrogen and oxygen atoms in total. The number of hydrogen-bond donors (Lipinski definition) is 1. The number of hydrogen-bond acceptors (Lipinski definition) is 1. The highest BCUT2D eigenvalue weighted by Gasteiger charge is 2.08. The first kappa shape index (κ1) is 16.2. The highest BCUT2D eigenvalue weighted by molar-refractivity contribution is 5.84. The maximum Gasteiger partial charge on any atom is 0.220 e. The summed E-state index contributed by atoms with van der Waals surface area (Å²) in [6, 6.07) is 14.8. The van der Waals surface area contributed by atoms with Gasteiger partial charge in [-0.3, -0.25) is 4.79 Å². The summed E-state index contributed by atoms with van der Waals surface area (Å²) < 4.78 is 15.6. The molecule has 0 aliphatic carbocycles. The van der Waals surface area contributed by atoms with Gasteiger partial charge in [0.05, 0.1) is 0 Å². The lowest BCUT2D eigenvalue weighted by atomic mass is 10.1. The van der Waals surface area contributed by atoms with Crippen LogP contribution in [0.15, 0.2) is 54.7 Å². The Balaban J connectivity index is 1.51. The summed E-state index contributed by atoms with van der Waals surface area (Å²) in [6.45, 7) is 0.236. The molecule has 24 heavy (non-hydrogen) atoms. The van der Waals surface area contributed by atoms with Gasteiger partial charge in [-0.05, 0) is 30.5 Å². The number of carbonyl (C=O) groups is 1. The van der Waals surface area contributed by atoms with Crippen LogP contribution >= 0.6 is 0 Å². The molecule has 0 unspecified atom stereocenters. The van der Waals surface area contributed by atoms with Crippen molar-refractivity contribution in [1.82, 2.24) is 9.88 Å². The van der Waals surface area contributed by atoms with Crippen LogP contribution in [0.2, 0.25) is 0 Å². The molecular weight excluding hydrogens is 303 g/mol. The molecule has 0 spiro atoms. The van der Waals surface area contributed by atoms with Gasteiger partial charge in [-0.1, -0.05) is 36.4 Å². The summed E-state index contributed by atoms with van der Waals surface area (Å²) in [5.41, 5.74) is 2.98. The molecule has 0 aliphatic heterocycles. The maximum atomic E-state index is 13.5. The van der Waals surface area contributed by atoms with Gasteiger partial charge in [0, 0.05) is 42.7 Å². The Morgan fingerprint density at radius 1 is 1.08 bits per heavy atom. The molecule has 3 rings (SSSR count). The van der Waals surface area contributed by atoms with Crippen LogP contribution in [0.25, 0.3) is 10.9 Å². The molecule has 1 aromatic heterocycles. The summed E-state index contributed by atoms with van der Waals surface area (Å²) >= 11 is 0. The number of amides is 1. The largest absolute Gasteiger partial charge is 0.352 e. The minimum absolute atomic E-state index is 0.0431. The summed E-state index contributed by atoms with van der Waals surface area (Å²) in [5.74, 6) is -0.327. The molecule has 0 atom stereocenters. The van der Waals surface area contributed by atoms with Crippen LogP contribution in [-0.4, -0.2) is 10.5 Å². The summed E-state index contributed by atoms with van der Waals surface area (Å²) in [6.07, 6.45) is 4.20. The Hall–Kier alpha value is -2.62. The number of aryl methyl sites for hydroxylation is 2. The number of para-hydroxylation sites is 1. The summed E-state index contributed by atoms with van der Waals surface area (Å²) in [5, 5.41) is 4.03. The number of nitrogens with one attached hydrogen (secondary N) is 1. The number of fused-ring (bicyclic) bond motifs is 1. The van der Waals surface area contributed by atoms with Gasteiger partial charge in [0.2, 0.25) is 5.91 Å². The third kappa shape index (κ3) is 3.65. The van der Waals surface area contributed by atoms with Crippen molar-refractivity contribution in [3.8, 4) is 0 Å². The number of carbonyl (C=O) groups excluding carboxylic acids is 1. The average Bonchev–Trinajstić information content (AvgIpc) is 2.91. The summed E-state index contributed by atoms with van der Waals surface area (Å²) in [4.78, 5) is 11.9. The van der Waals surface area contributed by atoms with Crippen molar-refractivity contribution in [2.45, 2.75) is 25.8 Å². The summed E-state index contributed by atoms with van der Waals surface area (Å²) in [7, 11) is 2.03. The first-order valence-electron chi connectivity index (χ1n) is 8.18. The third-order valence-electron chi connectivity index (χ3n) is 4.26. The van der Waals surface area contributed by atoms with Crippen LogP contribution < -0.4 is 5.32 Å². The smallest absolute Gasteiger partial charge is 0.220 e. The van der Waals surface area contributed by atoms with Gasteiger partial charge in [0.1, 0.15) is 5.82 Å². The molecule has 2 aromatic carbocycles. The number of benzene rings is 2. The van der Waals surface area contributed by atoms with E-state index in [9.17, 15) is 9.18 Å². The molecule has 0 saturated heterocycles. The van der Waals surface area contributed by atoms with Gasteiger partial charge in [0.25, 0.3) is 0 Å². The predicted molar refractivity (Wildman–Crippen MR) is 94.1 cm³/mol. The van der Waals surface area contributed by atoms with Crippen LogP contribution in [0.1, 0.15) is 24.0 Å². The molecule has 0 radical (unpaired) electrons. The lowest BCUT2D eigenvalue weighted by Gasteiger charge is -2.06. The predicted octanol–water partition coefficient (Wildman–Crippen LogP) is 3.96. The molecule has 1 N–H and O–H groups in total. The second-order valence-electron chi connectivity index (χ2n) is 6.00. The Morgan fingerprint density at radius 2 is 1.83 bits per heavy atom. The van der Waals surface area contributed by atoms with Crippen LogP contribution in [0.5, 0.6) is 0 Å². The van der Waals surface area contributed by atoms with E-state index in [1.165, 1.54) is 22.5 Å². The highest BCUT2D eigenvalue weighted by Crippen LogP contribution is 2.21. The van der Waals surface area contributed by atoms with E-state index in [0.29, 0.717) is 12.0 Å². The topological polar surface area (TPSA) is 34.0 Å². The van der Waals surface area contributed by atoms with Gasteiger partial charge in [0.15, 0.2) is 0 Å². The van der Waals surface area contributed by atoms with E-state index in [4.69, 9.17) is 0 Å². The Morgan fingerprint density at radius 3 is 2.67 bits per heavy atom. The Kier molecular flexibility index (Phi) is 4.94. The van der Waals surface area contributed by atoms with Gasteiger partial charge in [-0.25, -0.2) is 4.39 Å². The normalized spacial score (nSPS) is 10.9. The van der Waals surface area contributed by atoms with Crippen LogP contribution in [-0.2, 0) is 24.8 Å². The molecular formula is C20H21FN2O. The molecule has 124 valence electrons. The second-order valence-corrected chi connectivity index (χ2v) is 6.00. The fraction of sp³-hybridized carbons (Fsp3) is 0.250. The van der Waals surface area contributed by atoms with Gasteiger partial charge < -0.3 is 9.88 Å². The minimum atomic E-state index is -0.284. The fourth-order valence-corrected chi connectivity index (χ4v) is 2.99. The van der Waals surface area contributed by atoms with Crippen molar-refractivity contribution in [1.29, 1.82) is 0 Å². The quantitative estimate of drug-likeness (QED) is 0.732. The van der Waals surface area contributed by atoms with Crippen LogP contribution in [0.3, 0.4) is 0 Å². The van der Waals surface area contributed by atoms with E-state index in [1.54, 1.807) is 18.2 Å². The molecule has 4 heteroatoms. The molecule has 1 amide bonds. The zero-order chi connectivity index (χ0) is 16.9. The van der Waals surface area contributed by atoms with E-state index < -0.39 is 0 Å².